The van der Waals surface area contributed by atoms with Gasteiger partial charge in [0.1, 0.15) is 0 Å². The lowest BCUT2D eigenvalue weighted by Gasteiger charge is -2.02. The second-order valence-corrected chi connectivity index (χ2v) is 3.75. The van der Waals surface area contributed by atoms with E-state index in [4.69, 9.17) is 5.11 Å². The van der Waals surface area contributed by atoms with Gasteiger partial charge in [0.2, 0.25) is 5.82 Å². The number of benzene rings is 1. The summed E-state index contributed by atoms with van der Waals surface area (Å²) >= 11 is 0. The van der Waals surface area contributed by atoms with E-state index in [1.807, 2.05) is 0 Å². The Balaban J connectivity index is 2.21. The van der Waals surface area contributed by atoms with Crippen LogP contribution in [0.3, 0.4) is 0 Å². The number of nitro benzene ring substituents is 1. The van der Waals surface area contributed by atoms with Gasteiger partial charge in [-0.3, -0.25) is 14.8 Å². The van der Waals surface area contributed by atoms with E-state index in [1.54, 1.807) is 0 Å². The quantitative estimate of drug-likeness (QED) is 0.669. The Hall–Kier alpha value is -2.77. The van der Waals surface area contributed by atoms with Crippen molar-refractivity contribution >= 4 is 11.7 Å². The van der Waals surface area contributed by atoms with E-state index in [9.17, 15) is 19.3 Å². The Morgan fingerprint density at radius 1 is 1.47 bits per heavy atom. The molecule has 7 nitrogen and oxygen atoms in total. The average Bonchev–Trinajstić information content (AvgIpc) is 2.77. The van der Waals surface area contributed by atoms with Crippen molar-refractivity contribution in [3.05, 3.63) is 57.7 Å². The largest absolute Gasteiger partial charge is 0.476 e. The van der Waals surface area contributed by atoms with Crippen molar-refractivity contribution in [3.8, 4) is 0 Å². The first-order valence-electron chi connectivity index (χ1n) is 5.17. The molecule has 0 saturated heterocycles. The van der Waals surface area contributed by atoms with Crippen molar-refractivity contribution < 1.29 is 19.2 Å². The van der Waals surface area contributed by atoms with Crippen LogP contribution >= 0.6 is 0 Å². The zero-order valence-corrected chi connectivity index (χ0v) is 9.49. The lowest BCUT2D eigenvalue weighted by atomic mass is 10.2. The second-order valence-electron chi connectivity index (χ2n) is 3.75. The highest BCUT2D eigenvalue weighted by Gasteiger charge is 2.14. The first kappa shape index (κ1) is 12.7. The SMILES string of the molecule is O=C(O)c1ccn(Cc2ccc([N+](=O)[O-])c(F)c2)n1. The molecule has 98 valence electrons. The number of nitrogens with zero attached hydrogens (tertiary/aromatic N) is 3. The van der Waals surface area contributed by atoms with Crippen molar-refractivity contribution in [2.75, 3.05) is 0 Å². The van der Waals surface area contributed by atoms with Crippen molar-refractivity contribution in [1.82, 2.24) is 9.78 Å². The summed E-state index contributed by atoms with van der Waals surface area (Å²) < 4.78 is 14.7. The molecule has 0 bridgehead atoms. The number of nitro groups is 1. The van der Waals surface area contributed by atoms with Crippen molar-refractivity contribution in [3.63, 3.8) is 0 Å². The molecule has 0 spiro atoms. The highest BCUT2D eigenvalue weighted by molar-refractivity contribution is 5.85. The summed E-state index contributed by atoms with van der Waals surface area (Å²) in [6.45, 7) is 0.127. The van der Waals surface area contributed by atoms with Gasteiger partial charge in [-0.1, -0.05) is 6.07 Å². The third kappa shape index (κ3) is 2.73. The van der Waals surface area contributed by atoms with E-state index in [-0.39, 0.29) is 12.2 Å². The number of carboxylic acid groups (broad SMARTS) is 1. The highest BCUT2D eigenvalue weighted by atomic mass is 19.1. The zero-order chi connectivity index (χ0) is 14.0. The molecule has 0 unspecified atom stereocenters. The van der Waals surface area contributed by atoms with Crippen LogP contribution in [0.5, 0.6) is 0 Å². The number of aromatic nitrogens is 2. The fourth-order valence-corrected chi connectivity index (χ4v) is 1.55. The fourth-order valence-electron chi connectivity index (χ4n) is 1.55. The normalized spacial score (nSPS) is 10.4. The first-order valence-corrected chi connectivity index (χ1v) is 5.17. The molecule has 1 heterocycles. The lowest BCUT2D eigenvalue weighted by molar-refractivity contribution is -0.387. The molecule has 1 aromatic carbocycles. The van der Waals surface area contributed by atoms with Gasteiger partial charge in [-0.2, -0.15) is 9.49 Å². The van der Waals surface area contributed by atoms with E-state index in [1.165, 1.54) is 23.0 Å². The van der Waals surface area contributed by atoms with E-state index in [2.05, 4.69) is 5.10 Å². The third-order valence-electron chi connectivity index (χ3n) is 2.41. The lowest BCUT2D eigenvalue weighted by Crippen LogP contribution is -2.04. The maximum Gasteiger partial charge on any atom is 0.356 e. The Labute approximate surface area is 106 Å². The molecule has 2 rings (SSSR count). The van der Waals surface area contributed by atoms with E-state index in [0.29, 0.717) is 5.56 Å². The maximum atomic E-state index is 13.4. The van der Waals surface area contributed by atoms with Gasteiger partial charge in [0, 0.05) is 12.3 Å². The number of aromatic carboxylic acids is 1. The Morgan fingerprint density at radius 2 is 2.21 bits per heavy atom. The van der Waals surface area contributed by atoms with Crippen molar-refractivity contribution in [1.29, 1.82) is 0 Å². The number of halogens is 1. The van der Waals surface area contributed by atoms with Gasteiger partial charge in [-0.25, -0.2) is 4.79 Å². The average molecular weight is 265 g/mol. The standard InChI is InChI=1S/C11H8FN3O4/c12-8-5-7(1-2-10(8)15(18)19)6-14-4-3-9(13-14)11(16)17/h1-5H,6H2,(H,16,17). The molecule has 0 aliphatic carbocycles. The van der Waals surface area contributed by atoms with Gasteiger partial charge in [0.25, 0.3) is 0 Å². The summed E-state index contributed by atoms with van der Waals surface area (Å²) in [4.78, 5) is 20.3. The van der Waals surface area contributed by atoms with Gasteiger partial charge < -0.3 is 5.11 Å². The van der Waals surface area contributed by atoms with Crippen LogP contribution in [0.4, 0.5) is 10.1 Å². The van der Waals surface area contributed by atoms with Crippen LogP contribution in [0.25, 0.3) is 0 Å². The predicted octanol–water partition coefficient (Wildman–Crippen LogP) is 1.68. The van der Waals surface area contributed by atoms with Gasteiger partial charge in [-0.05, 0) is 17.7 Å². The number of hydrogen-bond acceptors (Lipinski definition) is 4. The van der Waals surface area contributed by atoms with Crippen LogP contribution in [0.15, 0.2) is 30.5 Å². The maximum absolute atomic E-state index is 13.4. The zero-order valence-electron chi connectivity index (χ0n) is 9.49. The molecule has 19 heavy (non-hydrogen) atoms. The van der Waals surface area contributed by atoms with Gasteiger partial charge >= 0.3 is 11.7 Å². The minimum atomic E-state index is -1.16. The molecule has 0 amide bonds. The van der Waals surface area contributed by atoms with Gasteiger partial charge in [0.15, 0.2) is 5.69 Å². The summed E-state index contributed by atoms with van der Waals surface area (Å²) in [5, 5.41) is 22.9. The van der Waals surface area contributed by atoms with Crippen LogP contribution in [-0.2, 0) is 6.54 Å². The molecular weight excluding hydrogens is 257 g/mol. The molecule has 0 radical (unpaired) electrons. The number of carbonyl (C=O) groups is 1. The molecule has 8 heteroatoms. The molecule has 0 fully saturated rings. The van der Waals surface area contributed by atoms with Crippen molar-refractivity contribution in [2.45, 2.75) is 6.54 Å². The van der Waals surface area contributed by atoms with Gasteiger partial charge in [-0.15, -0.1) is 0 Å². The summed E-state index contributed by atoms with van der Waals surface area (Å²) in [6.07, 6.45) is 1.43. The Morgan fingerprint density at radius 3 is 2.74 bits per heavy atom. The molecule has 1 aromatic heterocycles. The molecule has 1 N–H and O–H groups in total. The smallest absolute Gasteiger partial charge is 0.356 e. The summed E-state index contributed by atoms with van der Waals surface area (Å²) in [6, 6.07) is 4.79. The van der Waals surface area contributed by atoms with E-state index in [0.717, 1.165) is 12.1 Å². The molecule has 0 aliphatic rings. The first-order chi connectivity index (χ1) is 8.97. The summed E-state index contributed by atoms with van der Waals surface area (Å²) in [5.74, 6) is -2.10. The molecular formula is C11H8FN3O4. The predicted molar refractivity (Wildman–Crippen MR) is 61.3 cm³/mol. The Kier molecular flexibility index (Phi) is 3.23. The minimum absolute atomic E-state index is 0.123. The van der Waals surface area contributed by atoms with Crippen LogP contribution < -0.4 is 0 Å². The molecule has 0 atom stereocenters. The number of rotatable bonds is 4. The minimum Gasteiger partial charge on any atom is -0.476 e. The van der Waals surface area contributed by atoms with Crippen LogP contribution in [0.2, 0.25) is 0 Å². The van der Waals surface area contributed by atoms with Gasteiger partial charge in [0.05, 0.1) is 11.5 Å². The molecule has 0 aliphatic heterocycles. The Bertz CT molecular complexity index is 653. The fraction of sp³-hybridized carbons (Fsp3) is 0.0909. The highest BCUT2D eigenvalue weighted by Crippen LogP contribution is 2.18. The third-order valence-corrected chi connectivity index (χ3v) is 2.41. The topological polar surface area (TPSA) is 98.3 Å². The molecule has 2 aromatic rings. The number of hydrogen-bond donors (Lipinski definition) is 1. The van der Waals surface area contributed by atoms with Crippen LogP contribution in [0.1, 0.15) is 16.1 Å². The summed E-state index contributed by atoms with van der Waals surface area (Å²) in [7, 11) is 0. The summed E-state index contributed by atoms with van der Waals surface area (Å²) in [5.41, 5.74) is -0.277. The van der Waals surface area contributed by atoms with Crippen molar-refractivity contribution in [2.24, 2.45) is 0 Å². The molecule has 0 saturated carbocycles. The second kappa shape index (κ2) is 4.84. The monoisotopic (exact) mass is 265 g/mol. The number of carboxylic acids is 1. The van der Waals surface area contributed by atoms with Crippen LogP contribution in [0, 0.1) is 15.9 Å². The van der Waals surface area contributed by atoms with E-state index < -0.39 is 22.4 Å². The van der Waals surface area contributed by atoms with E-state index >= 15 is 0 Å². The van der Waals surface area contributed by atoms with Crippen LogP contribution in [-0.4, -0.2) is 25.8 Å².